The van der Waals surface area contributed by atoms with Crippen LogP contribution in [0.3, 0.4) is 0 Å². The molecule has 0 aromatic carbocycles. The monoisotopic (exact) mass is 321 g/mol. The van der Waals surface area contributed by atoms with Crippen molar-refractivity contribution in [1.29, 1.82) is 0 Å². The fourth-order valence-electron chi connectivity index (χ4n) is 3.55. The maximum Gasteiger partial charge on any atom is 0.401 e. The van der Waals surface area contributed by atoms with Crippen LogP contribution in [-0.2, 0) is 0 Å². The summed E-state index contributed by atoms with van der Waals surface area (Å²) >= 11 is 0. The molecule has 0 aromatic heterocycles. The van der Waals surface area contributed by atoms with Gasteiger partial charge in [-0.3, -0.25) is 4.90 Å². The van der Waals surface area contributed by atoms with Crippen molar-refractivity contribution in [3.63, 3.8) is 0 Å². The van der Waals surface area contributed by atoms with Crippen LogP contribution in [0.4, 0.5) is 13.2 Å². The lowest BCUT2D eigenvalue weighted by Crippen LogP contribution is -2.50. The Bertz CT molecular complexity index is 306. The van der Waals surface area contributed by atoms with E-state index in [1.807, 2.05) is 0 Å². The maximum atomic E-state index is 12.4. The summed E-state index contributed by atoms with van der Waals surface area (Å²) < 4.78 is 37.1. The minimum atomic E-state index is -4.06. The Kier molecular flexibility index (Phi) is 6.96. The number of nitrogens with zero attached hydrogens (tertiary/aromatic N) is 2. The molecule has 0 unspecified atom stereocenters. The second-order valence-corrected chi connectivity index (χ2v) is 6.80. The molecule has 0 amide bonds. The Hall–Kier alpha value is -0.330. The van der Waals surface area contributed by atoms with Crippen molar-refractivity contribution >= 4 is 0 Å². The highest BCUT2D eigenvalue weighted by atomic mass is 19.4. The van der Waals surface area contributed by atoms with Crippen LogP contribution in [-0.4, -0.2) is 67.3 Å². The number of hydrogen-bond acceptors (Lipinski definition) is 3. The number of likely N-dealkylation sites (tertiary alicyclic amines) is 2. The molecule has 0 atom stereocenters. The SMILES string of the molecule is CCCCN1CCC(NC2CCN(CC(F)(F)F)CC2)CC1. The zero-order chi connectivity index (χ0) is 16.0. The van der Waals surface area contributed by atoms with Crippen LogP contribution in [0.2, 0.25) is 0 Å². The first-order chi connectivity index (χ1) is 10.5. The van der Waals surface area contributed by atoms with E-state index in [1.165, 1.54) is 37.1 Å². The van der Waals surface area contributed by atoms with Crippen LogP contribution < -0.4 is 5.32 Å². The van der Waals surface area contributed by atoms with Crippen LogP contribution in [0, 0.1) is 0 Å². The molecule has 0 aromatic rings. The highest BCUT2D eigenvalue weighted by Gasteiger charge is 2.33. The number of unbranched alkanes of at least 4 members (excludes halogenated alkanes) is 1. The number of rotatable bonds is 6. The molecule has 2 fully saturated rings. The Morgan fingerprint density at radius 3 is 1.86 bits per heavy atom. The fourth-order valence-corrected chi connectivity index (χ4v) is 3.55. The van der Waals surface area contributed by atoms with Crippen molar-refractivity contribution in [2.45, 2.75) is 63.7 Å². The molecule has 0 aliphatic carbocycles. The van der Waals surface area contributed by atoms with Gasteiger partial charge in [0.1, 0.15) is 0 Å². The van der Waals surface area contributed by atoms with Gasteiger partial charge in [0.2, 0.25) is 0 Å². The molecule has 2 saturated heterocycles. The molecule has 0 radical (unpaired) electrons. The van der Waals surface area contributed by atoms with Gasteiger partial charge in [-0.25, -0.2) is 0 Å². The van der Waals surface area contributed by atoms with Crippen LogP contribution in [0.1, 0.15) is 45.4 Å². The highest BCUT2D eigenvalue weighted by Crippen LogP contribution is 2.21. The Labute approximate surface area is 132 Å². The quantitative estimate of drug-likeness (QED) is 0.811. The molecule has 2 heterocycles. The average Bonchev–Trinajstić information content (AvgIpc) is 2.47. The van der Waals surface area contributed by atoms with E-state index in [1.54, 1.807) is 0 Å². The summed E-state index contributed by atoms with van der Waals surface area (Å²) in [4.78, 5) is 4.07. The summed E-state index contributed by atoms with van der Waals surface area (Å²) in [6.45, 7) is 6.11. The average molecular weight is 321 g/mol. The normalized spacial score (nSPS) is 24.0. The first kappa shape index (κ1) is 18.0. The molecule has 0 spiro atoms. The van der Waals surface area contributed by atoms with Gasteiger partial charge in [0, 0.05) is 12.1 Å². The molecule has 0 saturated carbocycles. The first-order valence-electron chi connectivity index (χ1n) is 8.74. The zero-order valence-corrected chi connectivity index (χ0v) is 13.7. The Morgan fingerprint density at radius 2 is 1.41 bits per heavy atom. The zero-order valence-electron chi connectivity index (χ0n) is 13.7. The van der Waals surface area contributed by atoms with Crippen molar-refractivity contribution in [3.8, 4) is 0 Å². The predicted octanol–water partition coefficient (Wildman–Crippen LogP) is 2.87. The standard InChI is InChI=1S/C16H30F3N3/c1-2-3-8-21-9-4-14(5-10-21)20-15-6-11-22(12-7-15)13-16(17,18)19/h14-15,20H,2-13H2,1H3. The number of hydrogen-bond donors (Lipinski definition) is 1. The summed E-state index contributed by atoms with van der Waals surface area (Å²) in [6, 6.07) is 0.953. The molecular formula is C16H30F3N3. The molecule has 0 bridgehead atoms. The van der Waals surface area contributed by atoms with Gasteiger partial charge in [0.25, 0.3) is 0 Å². The molecular weight excluding hydrogens is 291 g/mol. The van der Waals surface area contributed by atoms with E-state index in [-0.39, 0.29) is 0 Å². The van der Waals surface area contributed by atoms with Crippen molar-refractivity contribution < 1.29 is 13.2 Å². The van der Waals surface area contributed by atoms with Crippen LogP contribution in [0.25, 0.3) is 0 Å². The molecule has 2 aliphatic heterocycles. The Morgan fingerprint density at radius 1 is 0.909 bits per heavy atom. The molecule has 1 N–H and O–H groups in total. The summed E-state index contributed by atoms with van der Waals surface area (Å²) in [5.41, 5.74) is 0. The Balaban J connectivity index is 1.61. The summed E-state index contributed by atoms with van der Waals surface area (Å²) in [6.07, 6.45) is 2.48. The van der Waals surface area contributed by atoms with Crippen LogP contribution in [0.15, 0.2) is 0 Å². The minimum Gasteiger partial charge on any atom is -0.311 e. The van der Waals surface area contributed by atoms with E-state index in [4.69, 9.17) is 0 Å². The fraction of sp³-hybridized carbons (Fsp3) is 1.00. The number of nitrogens with one attached hydrogen (secondary N) is 1. The van der Waals surface area contributed by atoms with Crippen LogP contribution in [0.5, 0.6) is 0 Å². The van der Waals surface area contributed by atoms with Gasteiger partial charge >= 0.3 is 6.18 Å². The van der Waals surface area contributed by atoms with Gasteiger partial charge in [-0.05, 0) is 64.8 Å². The van der Waals surface area contributed by atoms with Gasteiger partial charge in [0.15, 0.2) is 0 Å². The summed E-state index contributed by atoms with van der Waals surface area (Å²) in [5.74, 6) is 0. The lowest BCUT2D eigenvalue weighted by Gasteiger charge is -2.38. The third-order valence-electron chi connectivity index (χ3n) is 4.88. The molecule has 6 heteroatoms. The molecule has 2 rings (SSSR count). The van der Waals surface area contributed by atoms with Crippen LogP contribution >= 0.6 is 0 Å². The number of piperidine rings is 2. The van der Waals surface area contributed by atoms with E-state index < -0.39 is 12.7 Å². The van der Waals surface area contributed by atoms with Gasteiger partial charge in [-0.1, -0.05) is 13.3 Å². The van der Waals surface area contributed by atoms with E-state index in [0.717, 1.165) is 25.9 Å². The van der Waals surface area contributed by atoms with Crippen molar-refractivity contribution in [2.24, 2.45) is 0 Å². The molecule has 3 nitrogen and oxygen atoms in total. The third-order valence-corrected chi connectivity index (χ3v) is 4.88. The number of halogens is 3. The van der Waals surface area contributed by atoms with E-state index in [9.17, 15) is 13.2 Å². The smallest absolute Gasteiger partial charge is 0.311 e. The molecule has 22 heavy (non-hydrogen) atoms. The van der Waals surface area contributed by atoms with Crippen molar-refractivity contribution in [3.05, 3.63) is 0 Å². The van der Waals surface area contributed by atoms with Crippen molar-refractivity contribution in [1.82, 2.24) is 15.1 Å². The van der Waals surface area contributed by atoms with Gasteiger partial charge < -0.3 is 10.2 Å². The molecule has 130 valence electrons. The van der Waals surface area contributed by atoms with Gasteiger partial charge in [-0.15, -0.1) is 0 Å². The second kappa shape index (κ2) is 8.50. The lowest BCUT2D eigenvalue weighted by atomic mass is 9.99. The summed E-state index contributed by atoms with van der Waals surface area (Å²) in [7, 11) is 0. The number of alkyl halides is 3. The largest absolute Gasteiger partial charge is 0.401 e. The minimum absolute atomic E-state index is 0.400. The topological polar surface area (TPSA) is 18.5 Å². The second-order valence-electron chi connectivity index (χ2n) is 6.80. The van der Waals surface area contributed by atoms with Gasteiger partial charge in [-0.2, -0.15) is 13.2 Å². The first-order valence-corrected chi connectivity index (χ1v) is 8.74. The van der Waals surface area contributed by atoms with Crippen molar-refractivity contribution in [2.75, 3.05) is 39.3 Å². The van der Waals surface area contributed by atoms with E-state index in [0.29, 0.717) is 25.2 Å². The van der Waals surface area contributed by atoms with E-state index >= 15 is 0 Å². The third kappa shape index (κ3) is 6.42. The predicted molar refractivity (Wildman–Crippen MR) is 83.0 cm³/mol. The lowest BCUT2D eigenvalue weighted by molar-refractivity contribution is -0.148. The molecule has 2 aliphatic rings. The highest BCUT2D eigenvalue weighted by molar-refractivity contribution is 4.84. The maximum absolute atomic E-state index is 12.4. The van der Waals surface area contributed by atoms with Gasteiger partial charge in [0.05, 0.1) is 6.54 Å². The summed E-state index contributed by atoms with van der Waals surface area (Å²) in [5, 5.41) is 3.68. The van der Waals surface area contributed by atoms with E-state index in [2.05, 4.69) is 17.1 Å².